The summed E-state index contributed by atoms with van der Waals surface area (Å²) in [6.07, 6.45) is 8.36. The molecule has 6 nitrogen and oxygen atoms in total. The number of pyridine rings is 1. The van der Waals surface area contributed by atoms with Crippen LogP contribution < -0.4 is 5.32 Å². The molecule has 0 amide bonds. The smallest absolute Gasteiger partial charge is 0.193 e. The zero-order valence-electron chi connectivity index (χ0n) is 18.1. The number of hydrogen-bond donors (Lipinski definition) is 1. The van der Waals surface area contributed by atoms with Crippen LogP contribution in [0.3, 0.4) is 0 Å². The molecule has 0 radical (unpaired) electrons. The fourth-order valence-electron chi connectivity index (χ4n) is 3.84. The molecule has 0 spiro atoms. The Labute approximate surface area is 201 Å². The standard InChI is InChI=1S/C24H30N6.HI/c1-2-25-24(26-15-8-12-23-28-27-22-11-6-7-16-30(22)23)29-17-13-21(14-18-29)19-20-9-4-3-5-10-20;/h3-7,9-11,16,19H,2,8,12-15,17-18H2,1H3,(H,25,26);1H. The average molecular weight is 530 g/mol. The maximum absolute atomic E-state index is 4.88. The Morgan fingerprint density at radius 2 is 1.84 bits per heavy atom. The number of benzene rings is 1. The SMILES string of the molecule is CCNC(=NCCCc1nnc2ccccn12)N1CCC(=Cc2ccccc2)CC1.I. The van der Waals surface area contributed by atoms with Crippen molar-refractivity contribution in [3.8, 4) is 0 Å². The van der Waals surface area contributed by atoms with E-state index in [1.54, 1.807) is 0 Å². The van der Waals surface area contributed by atoms with Gasteiger partial charge in [-0.15, -0.1) is 34.2 Å². The summed E-state index contributed by atoms with van der Waals surface area (Å²) in [6.45, 7) is 5.82. The normalized spacial score (nSPS) is 14.4. The molecule has 0 aliphatic carbocycles. The first kappa shape index (κ1) is 23.2. The van der Waals surface area contributed by atoms with Crippen LogP contribution >= 0.6 is 24.0 Å². The molecule has 164 valence electrons. The lowest BCUT2D eigenvalue weighted by Gasteiger charge is -2.31. The lowest BCUT2D eigenvalue weighted by Crippen LogP contribution is -2.44. The van der Waals surface area contributed by atoms with Gasteiger partial charge in [-0.2, -0.15) is 0 Å². The fraction of sp³-hybridized carbons (Fsp3) is 0.375. The van der Waals surface area contributed by atoms with Crippen molar-refractivity contribution < 1.29 is 0 Å². The van der Waals surface area contributed by atoms with E-state index < -0.39 is 0 Å². The maximum Gasteiger partial charge on any atom is 0.193 e. The number of rotatable bonds is 6. The van der Waals surface area contributed by atoms with E-state index in [-0.39, 0.29) is 24.0 Å². The zero-order chi connectivity index (χ0) is 20.6. The van der Waals surface area contributed by atoms with Gasteiger partial charge in [0, 0.05) is 38.8 Å². The molecular weight excluding hydrogens is 499 g/mol. The summed E-state index contributed by atoms with van der Waals surface area (Å²) in [5, 5.41) is 12.0. The molecule has 1 saturated heterocycles. The van der Waals surface area contributed by atoms with E-state index in [2.05, 4.69) is 68.1 Å². The summed E-state index contributed by atoms with van der Waals surface area (Å²) < 4.78 is 2.06. The molecule has 0 bridgehead atoms. The van der Waals surface area contributed by atoms with Crippen LogP contribution in [0, 0.1) is 0 Å². The number of aromatic nitrogens is 3. The van der Waals surface area contributed by atoms with Gasteiger partial charge in [-0.05, 0) is 43.9 Å². The minimum absolute atomic E-state index is 0. The van der Waals surface area contributed by atoms with Gasteiger partial charge in [0.05, 0.1) is 0 Å². The molecule has 3 aromatic rings. The van der Waals surface area contributed by atoms with Gasteiger partial charge in [-0.3, -0.25) is 9.39 Å². The van der Waals surface area contributed by atoms with Gasteiger partial charge in [0.15, 0.2) is 11.6 Å². The first-order valence-corrected chi connectivity index (χ1v) is 10.9. The Hall–Kier alpha value is -2.42. The highest BCUT2D eigenvalue weighted by molar-refractivity contribution is 14.0. The Kier molecular flexibility index (Phi) is 8.87. The molecule has 1 aliphatic rings. The van der Waals surface area contributed by atoms with Crippen LogP contribution in [0.25, 0.3) is 11.7 Å². The fourth-order valence-corrected chi connectivity index (χ4v) is 3.84. The Morgan fingerprint density at radius 1 is 1.06 bits per heavy atom. The predicted molar refractivity (Wildman–Crippen MR) is 138 cm³/mol. The number of nitrogens with one attached hydrogen (secondary N) is 1. The third kappa shape index (κ3) is 6.29. The molecule has 2 aromatic heterocycles. The van der Waals surface area contributed by atoms with Gasteiger partial charge in [-0.25, -0.2) is 0 Å². The van der Waals surface area contributed by atoms with E-state index in [4.69, 9.17) is 4.99 Å². The summed E-state index contributed by atoms with van der Waals surface area (Å²) >= 11 is 0. The molecule has 0 saturated carbocycles. The minimum atomic E-state index is 0. The lowest BCUT2D eigenvalue weighted by atomic mass is 10.0. The third-order valence-electron chi connectivity index (χ3n) is 5.41. The van der Waals surface area contributed by atoms with E-state index >= 15 is 0 Å². The summed E-state index contributed by atoms with van der Waals surface area (Å²) in [6, 6.07) is 16.6. The van der Waals surface area contributed by atoms with Crippen LogP contribution in [-0.4, -0.2) is 51.6 Å². The van der Waals surface area contributed by atoms with Gasteiger partial charge in [0.2, 0.25) is 0 Å². The maximum atomic E-state index is 4.88. The van der Waals surface area contributed by atoms with Crippen molar-refractivity contribution in [3.63, 3.8) is 0 Å². The first-order chi connectivity index (χ1) is 14.8. The first-order valence-electron chi connectivity index (χ1n) is 10.9. The quantitative estimate of drug-likeness (QED) is 0.222. The summed E-state index contributed by atoms with van der Waals surface area (Å²) in [5.74, 6) is 2.03. The molecule has 1 aromatic carbocycles. The number of guanidine groups is 1. The molecule has 1 aliphatic heterocycles. The number of aryl methyl sites for hydroxylation is 1. The second kappa shape index (κ2) is 11.8. The van der Waals surface area contributed by atoms with E-state index in [1.807, 2.05) is 24.4 Å². The Bertz CT molecular complexity index is 1000. The van der Waals surface area contributed by atoms with Crippen LogP contribution in [0.5, 0.6) is 0 Å². The van der Waals surface area contributed by atoms with Crippen molar-refractivity contribution in [2.75, 3.05) is 26.2 Å². The monoisotopic (exact) mass is 530 g/mol. The zero-order valence-corrected chi connectivity index (χ0v) is 20.4. The number of likely N-dealkylation sites (tertiary alicyclic amines) is 1. The van der Waals surface area contributed by atoms with Crippen molar-refractivity contribution in [1.82, 2.24) is 24.8 Å². The molecule has 3 heterocycles. The summed E-state index contributed by atoms with van der Waals surface area (Å²) in [7, 11) is 0. The van der Waals surface area contributed by atoms with Crippen LogP contribution in [-0.2, 0) is 6.42 Å². The van der Waals surface area contributed by atoms with E-state index in [0.717, 1.165) is 69.3 Å². The number of fused-ring (bicyclic) bond motifs is 1. The number of nitrogens with zero attached hydrogens (tertiary/aromatic N) is 5. The summed E-state index contributed by atoms with van der Waals surface area (Å²) in [5.41, 5.74) is 3.71. The third-order valence-corrected chi connectivity index (χ3v) is 5.41. The summed E-state index contributed by atoms with van der Waals surface area (Å²) in [4.78, 5) is 7.27. The average Bonchev–Trinajstić information content (AvgIpc) is 3.20. The second-order valence-corrected chi connectivity index (χ2v) is 7.58. The van der Waals surface area contributed by atoms with Gasteiger partial charge < -0.3 is 10.2 Å². The highest BCUT2D eigenvalue weighted by atomic mass is 127. The number of piperidine rings is 1. The van der Waals surface area contributed by atoms with Gasteiger partial charge in [-0.1, -0.05) is 48.0 Å². The van der Waals surface area contributed by atoms with Gasteiger partial charge >= 0.3 is 0 Å². The van der Waals surface area contributed by atoms with Crippen LogP contribution in [0.1, 0.15) is 37.6 Å². The van der Waals surface area contributed by atoms with Crippen molar-refractivity contribution in [2.45, 2.75) is 32.6 Å². The van der Waals surface area contributed by atoms with Crippen molar-refractivity contribution in [1.29, 1.82) is 0 Å². The second-order valence-electron chi connectivity index (χ2n) is 7.58. The topological polar surface area (TPSA) is 57.8 Å². The van der Waals surface area contributed by atoms with Crippen molar-refractivity contribution in [3.05, 3.63) is 71.7 Å². The highest BCUT2D eigenvalue weighted by Crippen LogP contribution is 2.19. The van der Waals surface area contributed by atoms with Gasteiger partial charge in [0.1, 0.15) is 5.82 Å². The van der Waals surface area contributed by atoms with Crippen molar-refractivity contribution in [2.24, 2.45) is 4.99 Å². The van der Waals surface area contributed by atoms with Gasteiger partial charge in [0.25, 0.3) is 0 Å². The Morgan fingerprint density at radius 3 is 2.61 bits per heavy atom. The number of aliphatic imine (C=N–C) groups is 1. The van der Waals surface area contributed by atoms with Crippen molar-refractivity contribution >= 4 is 41.7 Å². The lowest BCUT2D eigenvalue weighted by molar-refractivity contribution is 0.375. The molecule has 7 heteroatoms. The molecule has 0 atom stereocenters. The van der Waals surface area contributed by atoms with Crippen LogP contribution in [0.4, 0.5) is 0 Å². The predicted octanol–water partition coefficient (Wildman–Crippen LogP) is 4.42. The van der Waals surface area contributed by atoms with Crippen LogP contribution in [0.15, 0.2) is 65.3 Å². The molecule has 4 rings (SSSR count). The van der Waals surface area contributed by atoms with E-state index in [9.17, 15) is 0 Å². The largest absolute Gasteiger partial charge is 0.357 e. The molecule has 1 fully saturated rings. The highest BCUT2D eigenvalue weighted by Gasteiger charge is 2.17. The Balaban J connectivity index is 0.00000272. The number of halogens is 1. The molecule has 0 unspecified atom stereocenters. The molecular formula is C24H31IN6. The molecule has 31 heavy (non-hydrogen) atoms. The number of hydrogen-bond acceptors (Lipinski definition) is 3. The van der Waals surface area contributed by atoms with Crippen LogP contribution in [0.2, 0.25) is 0 Å². The van der Waals surface area contributed by atoms with E-state index in [0.29, 0.717) is 0 Å². The van der Waals surface area contributed by atoms with E-state index in [1.165, 1.54) is 11.1 Å². The minimum Gasteiger partial charge on any atom is -0.357 e. The molecule has 1 N–H and O–H groups in total.